The van der Waals surface area contributed by atoms with E-state index < -0.39 is 0 Å². The summed E-state index contributed by atoms with van der Waals surface area (Å²) in [7, 11) is 0. The highest BCUT2D eigenvalue weighted by Gasteiger charge is 2.33. The molecule has 1 amide bonds. The van der Waals surface area contributed by atoms with E-state index >= 15 is 0 Å². The number of carbonyl (C=O) groups excluding carboxylic acids is 1. The van der Waals surface area contributed by atoms with Gasteiger partial charge in [0.15, 0.2) is 0 Å². The molecule has 0 bridgehead atoms. The van der Waals surface area contributed by atoms with E-state index in [-0.39, 0.29) is 17.2 Å². The molecule has 1 fully saturated rings. The maximum Gasteiger partial charge on any atom is 0.226 e. The first kappa shape index (κ1) is 10.6. The number of hydrogen-bond acceptors (Lipinski definition) is 3. The van der Waals surface area contributed by atoms with E-state index in [1.54, 1.807) is 18.0 Å². The van der Waals surface area contributed by atoms with Crippen LogP contribution in [0.2, 0.25) is 0 Å². The molecule has 1 saturated heterocycles. The Bertz CT molecular complexity index is 334. The lowest BCUT2D eigenvalue weighted by atomic mass is 10.2. The van der Waals surface area contributed by atoms with E-state index in [1.807, 2.05) is 30.9 Å². The zero-order valence-electron chi connectivity index (χ0n) is 8.97. The quantitative estimate of drug-likeness (QED) is 0.775. The second kappa shape index (κ2) is 4.31. The highest BCUT2D eigenvalue weighted by Crippen LogP contribution is 2.38. The van der Waals surface area contributed by atoms with Crippen molar-refractivity contribution in [3.8, 4) is 0 Å². The molecule has 4 heteroatoms. The van der Waals surface area contributed by atoms with Crippen molar-refractivity contribution in [1.29, 1.82) is 0 Å². The molecule has 1 aliphatic rings. The van der Waals surface area contributed by atoms with Crippen LogP contribution >= 0.6 is 11.8 Å². The largest absolute Gasteiger partial charge is 0.466 e. The summed E-state index contributed by atoms with van der Waals surface area (Å²) >= 11 is 1.77. The van der Waals surface area contributed by atoms with Crippen molar-refractivity contribution in [3.05, 3.63) is 24.2 Å². The predicted molar refractivity (Wildman–Crippen MR) is 60.5 cm³/mol. The Hall–Kier alpha value is -0.900. The van der Waals surface area contributed by atoms with Crippen LogP contribution in [0.15, 0.2) is 22.8 Å². The molecule has 1 atom stereocenters. The highest BCUT2D eigenvalue weighted by atomic mass is 32.2. The van der Waals surface area contributed by atoms with E-state index in [4.69, 9.17) is 4.42 Å². The van der Waals surface area contributed by atoms with Crippen molar-refractivity contribution >= 4 is 17.7 Å². The number of hydrogen-bond donors (Lipinski definition) is 0. The Morgan fingerprint density at radius 1 is 1.67 bits per heavy atom. The normalized spacial score (nSPS) is 21.3. The van der Waals surface area contributed by atoms with Gasteiger partial charge in [0.1, 0.15) is 11.1 Å². The lowest BCUT2D eigenvalue weighted by Crippen LogP contribution is -2.33. The van der Waals surface area contributed by atoms with Crippen LogP contribution in [0, 0.1) is 5.92 Å². The van der Waals surface area contributed by atoms with E-state index in [1.165, 1.54) is 0 Å². The van der Waals surface area contributed by atoms with Gasteiger partial charge in [0, 0.05) is 18.2 Å². The van der Waals surface area contributed by atoms with Crippen LogP contribution in [0.5, 0.6) is 0 Å². The van der Waals surface area contributed by atoms with Crippen LogP contribution in [-0.2, 0) is 4.79 Å². The molecule has 3 nitrogen and oxygen atoms in total. The maximum absolute atomic E-state index is 11.9. The molecular formula is C11H15NO2S. The molecule has 2 rings (SSSR count). The third kappa shape index (κ3) is 2.04. The number of amides is 1. The van der Waals surface area contributed by atoms with Crippen LogP contribution < -0.4 is 0 Å². The summed E-state index contributed by atoms with van der Waals surface area (Å²) in [5, 5.41) is 0.0786. The van der Waals surface area contributed by atoms with Crippen molar-refractivity contribution in [2.24, 2.45) is 5.92 Å². The minimum absolute atomic E-state index is 0.0566. The lowest BCUT2D eigenvalue weighted by molar-refractivity contribution is -0.134. The summed E-state index contributed by atoms with van der Waals surface area (Å²) in [4.78, 5) is 13.8. The number of thioether (sulfide) groups is 1. The Balaban J connectivity index is 2.15. The number of nitrogens with zero attached hydrogens (tertiary/aromatic N) is 1. The first-order chi connectivity index (χ1) is 7.20. The molecule has 0 aliphatic carbocycles. The zero-order valence-corrected chi connectivity index (χ0v) is 9.79. The first-order valence-corrected chi connectivity index (χ1v) is 6.20. The van der Waals surface area contributed by atoms with Gasteiger partial charge in [0.05, 0.1) is 6.26 Å². The van der Waals surface area contributed by atoms with Crippen LogP contribution in [0.3, 0.4) is 0 Å². The molecule has 0 spiro atoms. The number of carbonyl (C=O) groups is 1. The zero-order chi connectivity index (χ0) is 10.8. The smallest absolute Gasteiger partial charge is 0.226 e. The highest BCUT2D eigenvalue weighted by molar-refractivity contribution is 7.99. The first-order valence-electron chi connectivity index (χ1n) is 5.15. The molecule has 82 valence electrons. The number of rotatable bonds is 2. The van der Waals surface area contributed by atoms with Crippen LogP contribution in [0.4, 0.5) is 0 Å². The fraction of sp³-hybridized carbons (Fsp3) is 0.545. The summed E-state index contributed by atoms with van der Waals surface area (Å²) in [5.74, 6) is 2.14. The van der Waals surface area contributed by atoms with Gasteiger partial charge in [-0.25, -0.2) is 0 Å². The van der Waals surface area contributed by atoms with Crippen LogP contribution in [-0.4, -0.2) is 23.1 Å². The summed E-state index contributed by atoms with van der Waals surface area (Å²) in [6.45, 7) is 4.70. The lowest BCUT2D eigenvalue weighted by Gasteiger charge is -2.23. The SMILES string of the molecule is CC(C)C(=O)N1CCS[C@H]1c1ccco1. The minimum atomic E-state index is 0.0566. The van der Waals surface area contributed by atoms with E-state index in [9.17, 15) is 4.79 Å². The average molecular weight is 225 g/mol. The van der Waals surface area contributed by atoms with Crippen LogP contribution in [0.25, 0.3) is 0 Å². The van der Waals surface area contributed by atoms with Crippen molar-refractivity contribution in [3.63, 3.8) is 0 Å². The molecular weight excluding hydrogens is 210 g/mol. The van der Waals surface area contributed by atoms with Crippen molar-refractivity contribution in [1.82, 2.24) is 4.90 Å². The summed E-state index contributed by atoms with van der Waals surface area (Å²) in [6, 6.07) is 3.80. The predicted octanol–water partition coefficient (Wildman–Crippen LogP) is 2.51. The third-order valence-electron chi connectivity index (χ3n) is 2.45. The van der Waals surface area contributed by atoms with Gasteiger partial charge in [0.2, 0.25) is 5.91 Å². The van der Waals surface area contributed by atoms with Crippen LogP contribution in [0.1, 0.15) is 25.0 Å². The summed E-state index contributed by atoms with van der Waals surface area (Å²) < 4.78 is 5.36. The molecule has 1 aromatic rings. The standard InChI is InChI=1S/C11H15NO2S/c1-8(2)10(13)12-5-7-15-11(12)9-4-3-6-14-9/h3-4,6,8,11H,5,7H2,1-2H3/t11-/m0/s1. The van der Waals surface area contributed by atoms with E-state index in [2.05, 4.69) is 0 Å². The molecule has 0 radical (unpaired) electrons. The average Bonchev–Trinajstić information content (AvgIpc) is 2.86. The summed E-state index contributed by atoms with van der Waals surface area (Å²) in [6.07, 6.45) is 1.66. The van der Waals surface area contributed by atoms with Crippen molar-refractivity contribution < 1.29 is 9.21 Å². The third-order valence-corrected chi connectivity index (χ3v) is 3.68. The van der Waals surface area contributed by atoms with E-state index in [0.29, 0.717) is 0 Å². The van der Waals surface area contributed by atoms with Gasteiger partial charge in [-0.1, -0.05) is 13.8 Å². The Labute approximate surface area is 93.8 Å². The van der Waals surface area contributed by atoms with Gasteiger partial charge in [-0.15, -0.1) is 11.8 Å². The van der Waals surface area contributed by atoms with Gasteiger partial charge in [-0.05, 0) is 12.1 Å². The second-order valence-corrected chi connectivity index (χ2v) is 5.11. The molecule has 0 aromatic carbocycles. The van der Waals surface area contributed by atoms with Gasteiger partial charge >= 0.3 is 0 Å². The molecule has 0 unspecified atom stereocenters. The Kier molecular flexibility index (Phi) is 3.05. The Morgan fingerprint density at radius 2 is 2.47 bits per heavy atom. The topological polar surface area (TPSA) is 33.5 Å². The monoisotopic (exact) mass is 225 g/mol. The molecule has 15 heavy (non-hydrogen) atoms. The maximum atomic E-state index is 11.9. The molecule has 1 aromatic heterocycles. The summed E-state index contributed by atoms with van der Waals surface area (Å²) in [5.41, 5.74) is 0. The fourth-order valence-corrected chi connectivity index (χ4v) is 2.91. The fourth-order valence-electron chi connectivity index (χ4n) is 1.69. The Morgan fingerprint density at radius 3 is 3.07 bits per heavy atom. The molecule has 1 aliphatic heterocycles. The van der Waals surface area contributed by atoms with Gasteiger partial charge < -0.3 is 9.32 Å². The van der Waals surface area contributed by atoms with Crippen molar-refractivity contribution in [2.45, 2.75) is 19.2 Å². The number of furan rings is 1. The van der Waals surface area contributed by atoms with E-state index in [0.717, 1.165) is 18.1 Å². The van der Waals surface area contributed by atoms with Crippen molar-refractivity contribution in [2.75, 3.05) is 12.3 Å². The molecule has 0 N–H and O–H groups in total. The van der Waals surface area contributed by atoms with Gasteiger partial charge in [-0.3, -0.25) is 4.79 Å². The minimum Gasteiger partial charge on any atom is -0.466 e. The van der Waals surface area contributed by atoms with Gasteiger partial charge in [-0.2, -0.15) is 0 Å². The molecule has 0 saturated carbocycles. The second-order valence-electron chi connectivity index (χ2n) is 3.92. The molecule has 2 heterocycles. The van der Waals surface area contributed by atoms with Gasteiger partial charge in [0.25, 0.3) is 0 Å².